The molecule has 3 aromatic rings. The summed E-state index contributed by atoms with van der Waals surface area (Å²) in [5, 5.41) is 13.4. The fourth-order valence-electron chi connectivity index (χ4n) is 3.89. The molecule has 0 aliphatic carbocycles. The molecule has 0 aromatic heterocycles. The number of hydrogen-bond donors (Lipinski definition) is 3. The average molecular weight is 486 g/mol. The van der Waals surface area contributed by atoms with Crippen LogP contribution in [-0.4, -0.2) is 36.9 Å². The quantitative estimate of drug-likeness (QED) is 0.429. The van der Waals surface area contributed by atoms with Gasteiger partial charge in [0.15, 0.2) is 0 Å². The van der Waals surface area contributed by atoms with E-state index in [1.807, 2.05) is 30.3 Å². The summed E-state index contributed by atoms with van der Waals surface area (Å²) in [6, 6.07) is 19.6. The maximum Gasteiger partial charge on any atom is 0.261 e. The normalized spacial score (nSPS) is 16.5. The Balaban J connectivity index is 1.50. The first-order chi connectivity index (χ1) is 15.8. The molecule has 0 bridgehead atoms. The van der Waals surface area contributed by atoms with Crippen LogP contribution in [0.5, 0.6) is 5.75 Å². The molecule has 0 saturated carbocycles. The number of phenols is 1. The van der Waals surface area contributed by atoms with Crippen molar-refractivity contribution in [3.63, 3.8) is 0 Å². The summed E-state index contributed by atoms with van der Waals surface area (Å²) in [6.45, 7) is 1.43. The van der Waals surface area contributed by atoms with E-state index in [4.69, 9.17) is 11.6 Å². The number of likely N-dealkylation sites (tertiary alicyclic amines) is 1. The highest BCUT2D eigenvalue weighted by atomic mass is 35.5. The molecule has 1 atom stereocenters. The van der Waals surface area contributed by atoms with Crippen LogP contribution in [0.2, 0.25) is 5.02 Å². The van der Waals surface area contributed by atoms with Gasteiger partial charge in [0.05, 0.1) is 22.3 Å². The van der Waals surface area contributed by atoms with Crippen molar-refractivity contribution >= 4 is 38.9 Å². The molecule has 0 spiro atoms. The van der Waals surface area contributed by atoms with Gasteiger partial charge < -0.3 is 10.4 Å². The van der Waals surface area contributed by atoms with Gasteiger partial charge in [-0.25, -0.2) is 8.42 Å². The first-order valence-electron chi connectivity index (χ1n) is 10.5. The Labute approximate surface area is 198 Å². The van der Waals surface area contributed by atoms with Crippen molar-refractivity contribution in [2.24, 2.45) is 0 Å². The zero-order chi connectivity index (χ0) is 23.4. The van der Waals surface area contributed by atoms with Crippen molar-refractivity contribution in [3.05, 3.63) is 83.4 Å². The van der Waals surface area contributed by atoms with Crippen LogP contribution in [0.3, 0.4) is 0 Å². The van der Waals surface area contributed by atoms with Crippen LogP contribution in [0, 0.1) is 0 Å². The number of sulfonamides is 1. The zero-order valence-corrected chi connectivity index (χ0v) is 19.3. The number of hydrogen-bond acceptors (Lipinski definition) is 5. The highest BCUT2D eigenvalue weighted by Gasteiger charge is 2.31. The van der Waals surface area contributed by atoms with Crippen molar-refractivity contribution < 1.29 is 18.3 Å². The maximum atomic E-state index is 13.0. The summed E-state index contributed by atoms with van der Waals surface area (Å²) >= 11 is 5.93. The number of phenolic OH excluding ortho intramolecular Hbond substituents is 1. The van der Waals surface area contributed by atoms with Crippen molar-refractivity contribution in [2.75, 3.05) is 16.6 Å². The van der Waals surface area contributed by atoms with Gasteiger partial charge in [0.25, 0.3) is 10.0 Å². The minimum absolute atomic E-state index is 0.0422. The molecule has 7 nitrogen and oxygen atoms in total. The van der Waals surface area contributed by atoms with Crippen molar-refractivity contribution in [3.8, 4) is 5.75 Å². The minimum Gasteiger partial charge on any atom is -0.506 e. The number of nitrogens with one attached hydrogen (secondary N) is 2. The Morgan fingerprint density at radius 2 is 1.85 bits per heavy atom. The number of benzene rings is 3. The molecular formula is C24H24ClN3O4S. The third kappa shape index (κ3) is 5.65. The Morgan fingerprint density at radius 3 is 2.61 bits per heavy atom. The van der Waals surface area contributed by atoms with E-state index in [0.717, 1.165) is 18.5 Å². The Hall–Kier alpha value is -3.07. The number of carbonyl (C=O) groups is 1. The molecule has 1 aliphatic rings. The van der Waals surface area contributed by atoms with E-state index in [9.17, 15) is 18.3 Å². The van der Waals surface area contributed by atoms with Gasteiger partial charge in [0, 0.05) is 11.6 Å². The number of carbonyl (C=O) groups excluding carboxylic acids is 1. The second-order valence-electron chi connectivity index (χ2n) is 7.90. The van der Waals surface area contributed by atoms with Crippen LogP contribution in [0.1, 0.15) is 18.4 Å². The number of rotatable bonds is 7. The maximum absolute atomic E-state index is 13.0. The molecule has 33 heavy (non-hydrogen) atoms. The van der Waals surface area contributed by atoms with Crippen LogP contribution >= 0.6 is 11.6 Å². The van der Waals surface area contributed by atoms with Crippen molar-refractivity contribution in [2.45, 2.75) is 30.3 Å². The fourth-order valence-corrected chi connectivity index (χ4v) is 5.16. The van der Waals surface area contributed by atoms with Crippen LogP contribution in [0.4, 0.5) is 11.4 Å². The predicted molar refractivity (Wildman–Crippen MR) is 129 cm³/mol. The number of aromatic hydroxyl groups is 1. The lowest BCUT2D eigenvalue weighted by molar-refractivity contribution is -0.120. The molecule has 4 rings (SSSR count). The van der Waals surface area contributed by atoms with Crippen molar-refractivity contribution in [1.82, 2.24) is 4.90 Å². The molecule has 1 saturated heterocycles. The highest BCUT2D eigenvalue weighted by molar-refractivity contribution is 7.92. The summed E-state index contributed by atoms with van der Waals surface area (Å²) in [7, 11) is -3.96. The molecule has 0 radical (unpaired) electrons. The third-order valence-electron chi connectivity index (χ3n) is 5.51. The highest BCUT2D eigenvalue weighted by Crippen LogP contribution is 2.29. The van der Waals surface area contributed by atoms with E-state index in [1.165, 1.54) is 24.3 Å². The van der Waals surface area contributed by atoms with Gasteiger partial charge in [0.1, 0.15) is 5.75 Å². The largest absolute Gasteiger partial charge is 0.506 e. The van der Waals surface area contributed by atoms with E-state index in [2.05, 4.69) is 14.9 Å². The minimum atomic E-state index is -3.96. The second kappa shape index (κ2) is 9.82. The summed E-state index contributed by atoms with van der Waals surface area (Å²) in [5.74, 6) is -0.492. The molecular weight excluding hydrogens is 462 g/mol. The van der Waals surface area contributed by atoms with Crippen LogP contribution in [0.25, 0.3) is 0 Å². The smallest absolute Gasteiger partial charge is 0.261 e. The van der Waals surface area contributed by atoms with Gasteiger partial charge in [-0.3, -0.25) is 14.4 Å². The van der Waals surface area contributed by atoms with Gasteiger partial charge in [0.2, 0.25) is 5.91 Å². The third-order valence-corrected chi connectivity index (χ3v) is 7.12. The molecule has 3 N–H and O–H groups in total. The van der Waals surface area contributed by atoms with Gasteiger partial charge in [-0.2, -0.15) is 0 Å². The first-order valence-corrected chi connectivity index (χ1v) is 12.4. The molecule has 9 heteroatoms. The molecule has 1 aliphatic heterocycles. The number of halogens is 1. The monoisotopic (exact) mass is 485 g/mol. The van der Waals surface area contributed by atoms with Crippen LogP contribution in [0.15, 0.2) is 77.7 Å². The summed E-state index contributed by atoms with van der Waals surface area (Å²) in [5.41, 5.74) is 1.46. The predicted octanol–water partition coefficient (Wildman–Crippen LogP) is 4.45. The van der Waals surface area contributed by atoms with Gasteiger partial charge in [-0.15, -0.1) is 0 Å². The topological polar surface area (TPSA) is 98.7 Å². The van der Waals surface area contributed by atoms with Crippen LogP contribution in [-0.2, 0) is 21.4 Å². The first kappa shape index (κ1) is 23.1. The van der Waals surface area contributed by atoms with E-state index in [0.29, 0.717) is 23.7 Å². The number of anilines is 2. The molecule has 1 heterocycles. The molecule has 1 amide bonds. The lowest BCUT2D eigenvalue weighted by Gasteiger charge is -2.24. The Morgan fingerprint density at radius 1 is 1.06 bits per heavy atom. The lowest BCUT2D eigenvalue weighted by atomic mass is 10.1. The average Bonchev–Trinajstić information content (AvgIpc) is 3.24. The van der Waals surface area contributed by atoms with Crippen LogP contribution < -0.4 is 10.0 Å². The Bertz CT molecular complexity index is 1250. The zero-order valence-electron chi connectivity index (χ0n) is 17.7. The standard InChI is InChI=1S/C24H24ClN3O4S/c25-18-8-4-9-19(14-18)27-33(31,32)20-11-12-23(29)21(15-20)26-24(30)22-10-5-13-28(22)16-17-6-2-1-3-7-17/h1-4,6-9,11-12,14-15,22,27,29H,5,10,13,16H2,(H,26,30). The van der Waals surface area contributed by atoms with E-state index < -0.39 is 10.0 Å². The lowest BCUT2D eigenvalue weighted by Crippen LogP contribution is -2.39. The van der Waals surface area contributed by atoms with Gasteiger partial charge in [-0.1, -0.05) is 48.0 Å². The Kier molecular flexibility index (Phi) is 6.88. The molecule has 1 fully saturated rings. The summed E-state index contributed by atoms with van der Waals surface area (Å²) < 4.78 is 28.1. The van der Waals surface area contributed by atoms with E-state index in [-0.39, 0.29) is 28.3 Å². The van der Waals surface area contributed by atoms with E-state index >= 15 is 0 Å². The number of amides is 1. The molecule has 172 valence electrons. The van der Waals surface area contributed by atoms with E-state index in [1.54, 1.807) is 18.2 Å². The van der Waals surface area contributed by atoms with Crippen molar-refractivity contribution in [1.29, 1.82) is 0 Å². The number of nitrogens with zero attached hydrogens (tertiary/aromatic N) is 1. The summed E-state index contributed by atoms with van der Waals surface area (Å²) in [6.07, 6.45) is 1.57. The van der Waals surface area contributed by atoms with Gasteiger partial charge >= 0.3 is 0 Å². The molecule has 3 aromatic carbocycles. The summed E-state index contributed by atoms with van der Waals surface area (Å²) in [4.78, 5) is 15.0. The SMILES string of the molecule is O=C(Nc1cc(S(=O)(=O)Nc2cccc(Cl)c2)ccc1O)C1CCCN1Cc1ccccc1. The molecule has 1 unspecified atom stereocenters. The second-order valence-corrected chi connectivity index (χ2v) is 10.0. The van der Waals surface area contributed by atoms with Gasteiger partial charge in [-0.05, 0) is 61.3 Å². The fraction of sp³-hybridized carbons (Fsp3) is 0.208.